The molecule has 13 heteroatoms. The Morgan fingerprint density at radius 1 is 1.18 bits per heavy atom. The Labute approximate surface area is 221 Å². The van der Waals surface area contributed by atoms with Crippen LogP contribution in [0.1, 0.15) is 29.0 Å². The van der Waals surface area contributed by atoms with Gasteiger partial charge >= 0.3 is 6.18 Å². The van der Waals surface area contributed by atoms with Crippen LogP contribution < -0.4 is 15.4 Å². The Morgan fingerprint density at radius 2 is 1.95 bits per heavy atom. The molecule has 2 fully saturated rings. The lowest BCUT2D eigenvalue weighted by Gasteiger charge is -2.40. The number of aryl methyl sites for hydroxylation is 2. The molecule has 204 valence electrons. The second-order valence-corrected chi connectivity index (χ2v) is 9.96. The van der Waals surface area contributed by atoms with Crippen LogP contribution in [0.4, 0.5) is 24.7 Å². The molecular weight excluding hydrogens is 515 g/mol. The summed E-state index contributed by atoms with van der Waals surface area (Å²) >= 11 is 0. The van der Waals surface area contributed by atoms with Crippen LogP contribution in [0.25, 0.3) is 16.6 Å². The third-order valence-electron chi connectivity index (χ3n) is 6.84. The molecule has 2 N–H and O–H groups in total. The van der Waals surface area contributed by atoms with Crippen LogP contribution in [-0.2, 0) is 11.8 Å². The number of carbonyl (C=O) groups is 1. The Kier molecular flexibility index (Phi) is 6.26. The average molecular weight is 542 g/mol. The van der Waals surface area contributed by atoms with Crippen molar-refractivity contribution in [3.05, 3.63) is 54.2 Å². The number of pyridine rings is 2. The molecule has 39 heavy (non-hydrogen) atoms. The Hall–Kier alpha value is -3.97. The molecule has 0 spiro atoms. The van der Waals surface area contributed by atoms with E-state index in [0.717, 1.165) is 34.3 Å². The summed E-state index contributed by atoms with van der Waals surface area (Å²) < 4.78 is 54.0. The minimum Gasteiger partial charge on any atom is -0.488 e. The van der Waals surface area contributed by atoms with Gasteiger partial charge in [-0.3, -0.25) is 14.5 Å². The molecular formula is C26H26F3N7O3. The summed E-state index contributed by atoms with van der Waals surface area (Å²) in [6, 6.07) is 7.98. The van der Waals surface area contributed by atoms with E-state index in [1.807, 2.05) is 25.1 Å². The number of ether oxygens (including phenoxy) is 2. The summed E-state index contributed by atoms with van der Waals surface area (Å²) in [5.74, 6) is -1.08. The molecule has 4 aromatic rings. The highest BCUT2D eigenvalue weighted by molar-refractivity contribution is 6.03. The van der Waals surface area contributed by atoms with Crippen LogP contribution in [0.2, 0.25) is 0 Å². The number of nitrogens with one attached hydrogen (secondary N) is 2. The van der Waals surface area contributed by atoms with Gasteiger partial charge in [0, 0.05) is 61.7 Å². The van der Waals surface area contributed by atoms with E-state index >= 15 is 0 Å². The number of morpholine rings is 1. The summed E-state index contributed by atoms with van der Waals surface area (Å²) in [6.07, 6.45) is 1.49. The Morgan fingerprint density at radius 3 is 2.69 bits per heavy atom. The number of hydrogen-bond donors (Lipinski definition) is 2. The van der Waals surface area contributed by atoms with E-state index in [1.54, 1.807) is 23.0 Å². The third kappa shape index (κ3) is 5.19. The van der Waals surface area contributed by atoms with E-state index in [0.29, 0.717) is 24.5 Å². The standard InChI is InChI=1S/C26H26F3N7O3/c1-14-5-20(22(10-30-14)39-19-7-16-12-38-13-17(8-19)31-16)15-3-4-36-18(6-15)9-23(33-36)32-21-11-35(2)34-24(21)25(37)26(27,28)29/h3-6,9-11,16-17,19,31H,7-8,12-13H2,1-2H3,(H,32,33)/t16-,17+,19-. The van der Waals surface area contributed by atoms with Crippen molar-refractivity contribution in [3.63, 3.8) is 0 Å². The number of ketones is 1. The summed E-state index contributed by atoms with van der Waals surface area (Å²) in [6.45, 7) is 3.26. The monoisotopic (exact) mass is 541 g/mol. The molecule has 2 bridgehead atoms. The first-order valence-corrected chi connectivity index (χ1v) is 12.5. The van der Waals surface area contributed by atoms with Crippen molar-refractivity contribution in [2.24, 2.45) is 7.05 Å². The van der Waals surface area contributed by atoms with Gasteiger partial charge in [-0.15, -0.1) is 0 Å². The van der Waals surface area contributed by atoms with Crippen molar-refractivity contribution >= 4 is 22.8 Å². The Bertz CT molecular complexity index is 1540. The van der Waals surface area contributed by atoms with E-state index in [2.05, 4.69) is 25.8 Å². The highest BCUT2D eigenvalue weighted by Gasteiger charge is 2.42. The van der Waals surface area contributed by atoms with E-state index < -0.39 is 17.7 Å². The minimum absolute atomic E-state index is 0.0380. The number of alkyl halides is 3. The van der Waals surface area contributed by atoms with Gasteiger partial charge in [0.1, 0.15) is 11.9 Å². The first kappa shape index (κ1) is 25.3. The van der Waals surface area contributed by atoms with Gasteiger partial charge < -0.3 is 20.1 Å². The van der Waals surface area contributed by atoms with E-state index in [9.17, 15) is 18.0 Å². The van der Waals surface area contributed by atoms with Crippen molar-refractivity contribution in [2.75, 3.05) is 18.5 Å². The zero-order chi connectivity index (χ0) is 27.3. The number of anilines is 2. The molecule has 2 saturated heterocycles. The van der Waals surface area contributed by atoms with Gasteiger partial charge in [0.2, 0.25) is 0 Å². The number of rotatable bonds is 6. The van der Waals surface area contributed by atoms with E-state index in [1.165, 1.54) is 13.2 Å². The first-order valence-electron chi connectivity index (χ1n) is 12.5. The molecule has 2 aliphatic rings. The number of hydrogen-bond acceptors (Lipinski definition) is 8. The smallest absolute Gasteiger partial charge is 0.456 e. The van der Waals surface area contributed by atoms with Crippen molar-refractivity contribution in [3.8, 4) is 16.9 Å². The quantitative estimate of drug-likeness (QED) is 0.355. The topological polar surface area (TPSA) is 108 Å². The highest BCUT2D eigenvalue weighted by Crippen LogP contribution is 2.34. The van der Waals surface area contributed by atoms with Gasteiger partial charge in [-0.1, -0.05) is 0 Å². The fourth-order valence-corrected chi connectivity index (χ4v) is 5.17. The minimum atomic E-state index is -5.04. The number of piperidine rings is 1. The van der Waals surface area contributed by atoms with Crippen molar-refractivity contribution in [1.82, 2.24) is 29.7 Å². The molecule has 6 rings (SSSR count). The zero-order valence-electron chi connectivity index (χ0n) is 21.2. The molecule has 0 aromatic carbocycles. The van der Waals surface area contributed by atoms with Gasteiger partial charge in [0.25, 0.3) is 5.78 Å². The molecule has 3 atom stereocenters. The fourth-order valence-electron chi connectivity index (χ4n) is 5.17. The van der Waals surface area contributed by atoms with Gasteiger partial charge in [0.05, 0.1) is 30.6 Å². The molecule has 0 radical (unpaired) electrons. The highest BCUT2D eigenvalue weighted by atomic mass is 19.4. The number of fused-ring (bicyclic) bond motifs is 3. The van der Waals surface area contributed by atoms with E-state index in [4.69, 9.17) is 9.47 Å². The molecule has 0 unspecified atom stereocenters. The largest absolute Gasteiger partial charge is 0.488 e. The van der Waals surface area contributed by atoms with Gasteiger partial charge in [0.15, 0.2) is 11.5 Å². The number of carbonyl (C=O) groups excluding carboxylic acids is 1. The van der Waals surface area contributed by atoms with Crippen LogP contribution >= 0.6 is 0 Å². The van der Waals surface area contributed by atoms with Crippen LogP contribution in [0.5, 0.6) is 5.75 Å². The average Bonchev–Trinajstić information content (AvgIpc) is 3.45. The summed E-state index contributed by atoms with van der Waals surface area (Å²) in [4.78, 5) is 16.3. The number of halogens is 3. The van der Waals surface area contributed by atoms with Crippen LogP contribution in [0.15, 0.2) is 42.9 Å². The summed E-state index contributed by atoms with van der Waals surface area (Å²) in [7, 11) is 1.44. The summed E-state index contributed by atoms with van der Waals surface area (Å²) in [5.41, 5.74) is 2.48. The molecule has 4 aromatic heterocycles. The van der Waals surface area contributed by atoms with Crippen LogP contribution in [0, 0.1) is 6.92 Å². The zero-order valence-corrected chi connectivity index (χ0v) is 21.2. The molecule has 10 nitrogen and oxygen atoms in total. The molecule has 0 amide bonds. The summed E-state index contributed by atoms with van der Waals surface area (Å²) in [5, 5.41) is 14.4. The van der Waals surface area contributed by atoms with Gasteiger partial charge in [-0.05, 0) is 30.7 Å². The lowest BCUT2D eigenvalue weighted by molar-refractivity contribution is -0.0888. The number of Topliss-reactive ketones (excluding diaryl/α,β-unsaturated/α-hetero) is 1. The van der Waals surface area contributed by atoms with Crippen molar-refractivity contribution in [1.29, 1.82) is 0 Å². The maximum Gasteiger partial charge on any atom is 0.456 e. The van der Waals surface area contributed by atoms with Gasteiger partial charge in [-0.25, -0.2) is 4.52 Å². The maximum absolute atomic E-state index is 13.0. The lowest BCUT2D eigenvalue weighted by atomic mass is 9.94. The predicted molar refractivity (Wildman–Crippen MR) is 135 cm³/mol. The normalized spacial score (nSPS) is 21.2. The van der Waals surface area contributed by atoms with Crippen LogP contribution in [-0.4, -0.2) is 67.7 Å². The third-order valence-corrected chi connectivity index (χ3v) is 6.84. The first-order chi connectivity index (χ1) is 18.6. The SMILES string of the molecule is Cc1cc(-c2ccn3nc(Nc4cn(C)nc4C(=O)C(F)(F)F)cc3c2)c(O[C@H]2C[C@H]3COC[C@@H](C2)N3)cn1. The number of nitrogens with zero attached hydrogens (tertiary/aromatic N) is 5. The second kappa shape index (κ2) is 9.65. The maximum atomic E-state index is 13.0. The van der Waals surface area contributed by atoms with Crippen molar-refractivity contribution in [2.45, 2.75) is 44.1 Å². The predicted octanol–water partition coefficient (Wildman–Crippen LogP) is 3.83. The molecule has 0 aliphatic carbocycles. The Balaban J connectivity index is 1.27. The molecule has 0 saturated carbocycles. The van der Waals surface area contributed by atoms with Crippen LogP contribution in [0.3, 0.4) is 0 Å². The fraction of sp³-hybridized carbons (Fsp3) is 0.385. The van der Waals surface area contributed by atoms with Crippen molar-refractivity contribution < 1.29 is 27.4 Å². The number of aromatic nitrogens is 5. The second-order valence-electron chi connectivity index (χ2n) is 9.96. The molecule has 6 heterocycles. The van der Waals surface area contributed by atoms with Gasteiger partial charge in [-0.2, -0.15) is 23.4 Å². The lowest BCUT2D eigenvalue weighted by Crippen LogP contribution is -2.56. The van der Waals surface area contributed by atoms with E-state index in [-0.39, 0.29) is 29.7 Å². The molecule has 2 aliphatic heterocycles.